The minimum absolute atomic E-state index is 0.0247. The third-order valence-corrected chi connectivity index (χ3v) is 5.71. The van der Waals surface area contributed by atoms with Gasteiger partial charge < -0.3 is 15.7 Å². The van der Waals surface area contributed by atoms with Crippen molar-refractivity contribution in [3.8, 4) is 5.75 Å². The van der Waals surface area contributed by atoms with Gasteiger partial charge in [0.05, 0.1) is 11.4 Å². The van der Waals surface area contributed by atoms with Gasteiger partial charge in [0.2, 0.25) is 21.8 Å². The number of anilines is 1. The topological polar surface area (TPSA) is 116 Å². The van der Waals surface area contributed by atoms with Crippen molar-refractivity contribution in [2.45, 2.75) is 18.2 Å². The van der Waals surface area contributed by atoms with Crippen LogP contribution in [0.15, 0.2) is 53.4 Å². The van der Waals surface area contributed by atoms with Crippen molar-refractivity contribution in [2.24, 2.45) is 0 Å². The number of nitrogens with one attached hydrogen (secondary N) is 2. The number of sulfonamides is 1. The summed E-state index contributed by atoms with van der Waals surface area (Å²) in [5, 5.41) is 14.6. The Bertz CT molecular complexity index is 942. The highest BCUT2D eigenvalue weighted by Crippen LogP contribution is 2.17. The molecule has 9 heteroatoms. The molecule has 28 heavy (non-hydrogen) atoms. The van der Waals surface area contributed by atoms with E-state index in [1.54, 1.807) is 18.2 Å². The van der Waals surface area contributed by atoms with Crippen LogP contribution < -0.4 is 10.6 Å². The zero-order valence-electron chi connectivity index (χ0n) is 15.7. The Hall–Kier alpha value is -2.91. The second kappa shape index (κ2) is 9.34. The predicted octanol–water partition coefficient (Wildman–Crippen LogP) is 1.33. The normalized spacial score (nSPS) is 11.2. The van der Waals surface area contributed by atoms with Crippen LogP contribution in [-0.4, -0.2) is 49.8 Å². The van der Waals surface area contributed by atoms with E-state index in [2.05, 4.69) is 10.6 Å². The maximum Gasteiger partial charge on any atom is 0.243 e. The molecular weight excluding hydrogens is 382 g/mol. The number of amides is 2. The summed E-state index contributed by atoms with van der Waals surface area (Å²) in [4.78, 5) is 23.1. The van der Waals surface area contributed by atoms with Crippen LogP contribution in [0.3, 0.4) is 0 Å². The van der Waals surface area contributed by atoms with Crippen molar-refractivity contribution in [3.63, 3.8) is 0 Å². The van der Waals surface area contributed by atoms with E-state index in [-0.39, 0.29) is 23.1 Å². The average Bonchev–Trinajstić information content (AvgIpc) is 2.61. The van der Waals surface area contributed by atoms with Crippen LogP contribution in [-0.2, 0) is 26.0 Å². The first kappa shape index (κ1) is 21.4. The zero-order chi connectivity index (χ0) is 20.7. The van der Waals surface area contributed by atoms with Crippen LogP contribution in [0.2, 0.25) is 0 Å². The van der Waals surface area contributed by atoms with Crippen molar-refractivity contribution in [2.75, 3.05) is 25.5 Å². The molecule has 0 bridgehead atoms. The third kappa shape index (κ3) is 6.07. The number of rotatable bonds is 8. The van der Waals surface area contributed by atoms with Gasteiger partial charge in [-0.1, -0.05) is 12.1 Å². The SMILES string of the molecule is CC(=O)Nc1ccc(S(=O)(=O)N(C)CC(=O)NCCc2cccc(O)c2)cc1. The molecule has 0 aromatic heterocycles. The molecule has 2 aromatic rings. The number of hydrogen-bond acceptors (Lipinski definition) is 5. The van der Waals surface area contributed by atoms with Crippen molar-refractivity contribution < 1.29 is 23.1 Å². The van der Waals surface area contributed by atoms with Gasteiger partial charge in [-0.25, -0.2) is 8.42 Å². The molecule has 150 valence electrons. The highest BCUT2D eigenvalue weighted by Gasteiger charge is 2.22. The standard InChI is InChI=1S/C19H23N3O5S/c1-14(23)21-16-6-8-18(9-7-16)28(26,27)22(2)13-19(25)20-11-10-15-4-3-5-17(24)12-15/h3-9,12,24H,10-11,13H2,1-2H3,(H,20,25)(H,21,23). The number of aromatic hydroxyl groups is 1. The second-order valence-electron chi connectivity index (χ2n) is 6.24. The summed E-state index contributed by atoms with van der Waals surface area (Å²) >= 11 is 0. The molecule has 0 aliphatic rings. The highest BCUT2D eigenvalue weighted by molar-refractivity contribution is 7.89. The molecule has 0 aliphatic heterocycles. The minimum Gasteiger partial charge on any atom is -0.508 e. The first-order valence-electron chi connectivity index (χ1n) is 8.57. The highest BCUT2D eigenvalue weighted by atomic mass is 32.2. The first-order valence-corrected chi connectivity index (χ1v) is 10.0. The lowest BCUT2D eigenvalue weighted by Crippen LogP contribution is -2.39. The van der Waals surface area contributed by atoms with Gasteiger partial charge in [-0.2, -0.15) is 4.31 Å². The molecule has 0 unspecified atom stereocenters. The summed E-state index contributed by atoms with van der Waals surface area (Å²) in [7, 11) is -2.51. The van der Waals surface area contributed by atoms with E-state index in [0.717, 1.165) is 9.87 Å². The number of nitrogens with zero attached hydrogens (tertiary/aromatic N) is 1. The molecule has 0 aliphatic carbocycles. The summed E-state index contributed by atoms with van der Waals surface area (Å²) in [6, 6.07) is 12.4. The van der Waals surface area contributed by atoms with Crippen molar-refractivity contribution >= 4 is 27.5 Å². The van der Waals surface area contributed by atoms with Gasteiger partial charge >= 0.3 is 0 Å². The summed E-state index contributed by atoms with van der Waals surface area (Å²) in [6.07, 6.45) is 0.515. The third-order valence-electron chi connectivity index (χ3n) is 3.90. The molecule has 0 atom stereocenters. The summed E-state index contributed by atoms with van der Waals surface area (Å²) in [5.41, 5.74) is 1.35. The van der Waals surface area contributed by atoms with Crippen molar-refractivity contribution in [1.82, 2.24) is 9.62 Å². The fourth-order valence-corrected chi connectivity index (χ4v) is 3.62. The van der Waals surface area contributed by atoms with E-state index in [9.17, 15) is 23.1 Å². The lowest BCUT2D eigenvalue weighted by molar-refractivity contribution is -0.121. The van der Waals surface area contributed by atoms with Gasteiger partial charge in [0, 0.05) is 26.2 Å². The van der Waals surface area contributed by atoms with Crippen LogP contribution in [0.25, 0.3) is 0 Å². The summed E-state index contributed by atoms with van der Waals surface area (Å²) in [6.45, 7) is 1.36. The Labute approximate surface area is 164 Å². The number of carbonyl (C=O) groups is 2. The smallest absolute Gasteiger partial charge is 0.243 e. The summed E-state index contributed by atoms with van der Waals surface area (Å²) < 4.78 is 26.1. The van der Waals surface area contributed by atoms with Gasteiger partial charge in [-0.05, 0) is 48.4 Å². The molecule has 0 radical (unpaired) electrons. The van der Waals surface area contributed by atoms with Crippen LogP contribution in [0, 0.1) is 0 Å². The fraction of sp³-hybridized carbons (Fsp3) is 0.263. The number of phenolic OH excluding ortho intramolecular Hbond substituents is 1. The molecule has 2 amide bonds. The van der Waals surface area contributed by atoms with Gasteiger partial charge in [-0.15, -0.1) is 0 Å². The Morgan fingerprint density at radius 2 is 1.79 bits per heavy atom. The first-order chi connectivity index (χ1) is 13.2. The van der Waals surface area contributed by atoms with Crippen LogP contribution >= 0.6 is 0 Å². The maximum absolute atomic E-state index is 12.6. The van der Waals surface area contributed by atoms with E-state index >= 15 is 0 Å². The molecule has 2 rings (SSSR count). The number of phenols is 1. The second-order valence-corrected chi connectivity index (χ2v) is 8.28. The maximum atomic E-state index is 12.6. The van der Waals surface area contributed by atoms with Gasteiger partial charge in [-0.3, -0.25) is 9.59 Å². The monoisotopic (exact) mass is 405 g/mol. The minimum atomic E-state index is -3.84. The molecule has 0 saturated carbocycles. The molecule has 2 aromatic carbocycles. The van der Waals surface area contributed by atoms with Gasteiger partial charge in [0.1, 0.15) is 5.75 Å². The van der Waals surface area contributed by atoms with E-state index in [1.165, 1.54) is 38.2 Å². The largest absolute Gasteiger partial charge is 0.508 e. The van der Waals surface area contributed by atoms with Crippen LogP contribution in [0.1, 0.15) is 12.5 Å². The Kier molecular flexibility index (Phi) is 7.13. The Morgan fingerprint density at radius 3 is 2.39 bits per heavy atom. The molecule has 0 spiro atoms. The van der Waals surface area contributed by atoms with E-state index < -0.39 is 15.9 Å². The molecule has 0 saturated heterocycles. The van der Waals surface area contributed by atoms with Crippen molar-refractivity contribution in [3.05, 3.63) is 54.1 Å². The summed E-state index contributed by atoms with van der Waals surface area (Å²) in [5.74, 6) is -0.532. The van der Waals surface area contributed by atoms with Crippen molar-refractivity contribution in [1.29, 1.82) is 0 Å². The average molecular weight is 405 g/mol. The zero-order valence-corrected chi connectivity index (χ0v) is 16.5. The van der Waals surface area contributed by atoms with Gasteiger partial charge in [0.15, 0.2) is 0 Å². The van der Waals surface area contributed by atoms with Crippen LogP contribution in [0.4, 0.5) is 5.69 Å². The fourth-order valence-electron chi connectivity index (χ4n) is 2.49. The molecule has 8 nitrogen and oxygen atoms in total. The number of benzene rings is 2. The number of hydrogen-bond donors (Lipinski definition) is 3. The predicted molar refractivity (Wildman–Crippen MR) is 105 cm³/mol. The number of carbonyl (C=O) groups excluding carboxylic acids is 2. The molecule has 3 N–H and O–H groups in total. The Balaban J connectivity index is 1.90. The molecular formula is C19H23N3O5S. The molecule has 0 fully saturated rings. The van der Waals surface area contributed by atoms with E-state index in [0.29, 0.717) is 18.7 Å². The number of likely N-dealkylation sites (N-methyl/N-ethyl adjacent to an activating group) is 1. The molecule has 0 heterocycles. The Morgan fingerprint density at radius 1 is 1.11 bits per heavy atom. The van der Waals surface area contributed by atoms with E-state index in [4.69, 9.17) is 0 Å². The van der Waals surface area contributed by atoms with Crippen LogP contribution in [0.5, 0.6) is 5.75 Å². The van der Waals surface area contributed by atoms with E-state index in [1.807, 2.05) is 6.07 Å². The quantitative estimate of drug-likeness (QED) is 0.613. The van der Waals surface area contributed by atoms with Gasteiger partial charge in [0.25, 0.3) is 0 Å². The lowest BCUT2D eigenvalue weighted by Gasteiger charge is -2.17. The lowest BCUT2D eigenvalue weighted by atomic mass is 10.1.